The van der Waals surface area contributed by atoms with Gasteiger partial charge in [0.15, 0.2) is 9.84 Å². The summed E-state index contributed by atoms with van der Waals surface area (Å²) in [6, 6.07) is 7.30. The van der Waals surface area contributed by atoms with Crippen LogP contribution in [-0.4, -0.2) is 32.9 Å². The normalized spacial score (nSPS) is 10.4. The highest BCUT2D eigenvalue weighted by Gasteiger charge is 2.10. The highest BCUT2D eigenvalue weighted by molar-refractivity contribution is 7.91. The molecule has 0 aromatic heterocycles. The van der Waals surface area contributed by atoms with Gasteiger partial charge in [-0.25, -0.2) is 8.42 Å². The van der Waals surface area contributed by atoms with Crippen molar-refractivity contribution in [3.8, 4) is 11.8 Å². The van der Waals surface area contributed by atoms with Crippen LogP contribution in [0.5, 0.6) is 0 Å². The minimum atomic E-state index is -3.31. The molecule has 1 amide bonds. The second kappa shape index (κ2) is 6.92. The van der Waals surface area contributed by atoms with Crippen molar-refractivity contribution in [1.29, 1.82) is 0 Å². The van der Waals surface area contributed by atoms with Crippen LogP contribution in [0.15, 0.2) is 24.3 Å². The average Bonchev–Trinajstić information content (AvgIpc) is 2.32. The zero-order valence-corrected chi connectivity index (χ0v) is 11.5. The smallest absolute Gasteiger partial charge is 0.235 e. The van der Waals surface area contributed by atoms with E-state index in [1.165, 1.54) is 0 Å². The SMILES string of the molecule is CS(=O)(=O)CC(=O)NCc1ccccc1C#CCN. The lowest BCUT2D eigenvalue weighted by Gasteiger charge is -2.06. The standard InChI is InChI=1S/C13H16N2O3S/c1-19(17,18)10-13(16)15-9-12-6-3-2-5-11(12)7-4-8-14/h2-3,5-6H,8-10,14H2,1H3,(H,15,16). The second-order valence-electron chi connectivity index (χ2n) is 4.01. The summed E-state index contributed by atoms with van der Waals surface area (Å²) in [4.78, 5) is 11.4. The number of rotatable bonds is 4. The number of nitrogens with one attached hydrogen (secondary N) is 1. The van der Waals surface area contributed by atoms with E-state index in [9.17, 15) is 13.2 Å². The highest BCUT2D eigenvalue weighted by atomic mass is 32.2. The molecule has 0 aliphatic heterocycles. The van der Waals surface area contributed by atoms with E-state index in [4.69, 9.17) is 5.73 Å². The van der Waals surface area contributed by atoms with Crippen LogP contribution in [0.1, 0.15) is 11.1 Å². The molecular weight excluding hydrogens is 264 g/mol. The van der Waals surface area contributed by atoms with Gasteiger partial charge in [0.1, 0.15) is 5.75 Å². The molecule has 0 spiro atoms. The van der Waals surface area contributed by atoms with Crippen LogP contribution in [-0.2, 0) is 21.2 Å². The molecule has 6 heteroatoms. The van der Waals surface area contributed by atoms with Crippen molar-refractivity contribution in [2.75, 3.05) is 18.6 Å². The first-order valence-corrected chi connectivity index (χ1v) is 7.69. The Labute approximate surface area is 113 Å². The highest BCUT2D eigenvalue weighted by Crippen LogP contribution is 2.06. The fraction of sp³-hybridized carbons (Fsp3) is 0.308. The van der Waals surface area contributed by atoms with Crippen molar-refractivity contribution < 1.29 is 13.2 Å². The summed E-state index contributed by atoms with van der Waals surface area (Å²) in [5.41, 5.74) is 6.90. The Bertz CT molecular complexity index is 612. The first-order chi connectivity index (χ1) is 8.92. The lowest BCUT2D eigenvalue weighted by atomic mass is 10.1. The number of benzene rings is 1. The number of sulfone groups is 1. The van der Waals surface area contributed by atoms with Gasteiger partial charge in [-0.05, 0) is 11.6 Å². The predicted octanol–water partition coefficient (Wildman–Crippen LogP) is -0.342. The Kier molecular flexibility index (Phi) is 5.55. The number of hydrogen-bond acceptors (Lipinski definition) is 4. The number of hydrogen-bond donors (Lipinski definition) is 2. The maximum Gasteiger partial charge on any atom is 0.235 e. The van der Waals surface area contributed by atoms with Gasteiger partial charge < -0.3 is 11.1 Å². The largest absolute Gasteiger partial charge is 0.351 e. The molecule has 0 heterocycles. The molecule has 1 aromatic carbocycles. The van der Waals surface area contributed by atoms with Gasteiger partial charge in [0.25, 0.3) is 0 Å². The summed E-state index contributed by atoms with van der Waals surface area (Å²) in [6.45, 7) is 0.499. The van der Waals surface area contributed by atoms with Gasteiger partial charge in [0, 0.05) is 18.4 Å². The van der Waals surface area contributed by atoms with Crippen molar-refractivity contribution >= 4 is 15.7 Å². The van der Waals surface area contributed by atoms with Gasteiger partial charge in [-0.15, -0.1) is 0 Å². The summed E-state index contributed by atoms with van der Waals surface area (Å²) < 4.78 is 21.9. The topological polar surface area (TPSA) is 89.3 Å². The monoisotopic (exact) mass is 280 g/mol. The first-order valence-electron chi connectivity index (χ1n) is 5.63. The maximum atomic E-state index is 11.4. The van der Waals surface area contributed by atoms with Crippen molar-refractivity contribution in [3.05, 3.63) is 35.4 Å². The molecule has 5 nitrogen and oxygen atoms in total. The van der Waals surface area contributed by atoms with Crippen LogP contribution < -0.4 is 11.1 Å². The van der Waals surface area contributed by atoms with Crippen LogP contribution in [0.4, 0.5) is 0 Å². The van der Waals surface area contributed by atoms with Crippen molar-refractivity contribution in [3.63, 3.8) is 0 Å². The number of amides is 1. The second-order valence-corrected chi connectivity index (χ2v) is 6.15. The molecule has 3 N–H and O–H groups in total. The van der Waals surface area contributed by atoms with E-state index in [0.29, 0.717) is 0 Å². The summed E-state index contributed by atoms with van der Waals surface area (Å²) in [5, 5.41) is 2.56. The van der Waals surface area contributed by atoms with E-state index >= 15 is 0 Å². The molecule has 102 valence electrons. The fourth-order valence-electron chi connectivity index (χ4n) is 1.43. The number of carbonyl (C=O) groups excluding carboxylic acids is 1. The van der Waals surface area contributed by atoms with Gasteiger partial charge in [-0.3, -0.25) is 4.79 Å². The Hall–Kier alpha value is -1.84. The predicted molar refractivity (Wildman–Crippen MR) is 73.9 cm³/mol. The third-order valence-electron chi connectivity index (χ3n) is 2.21. The zero-order chi connectivity index (χ0) is 14.3. The number of nitrogens with two attached hydrogens (primary N) is 1. The molecule has 1 aromatic rings. The molecule has 0 unspecified atom stereocenters. The Morgan fingerprint density at radius 3 is 2.68 bits per heavy atom. The third-order valence-corrected chi connectivity index (χ3v) is 3.00. The molecule has 19 heavy (non-hydrogen) atoms. The van der Waals surface area contributed by atoms with Gasteiger partial charge in [-0.2, -0.15) is 0 Å². The molecular formula is C13H16N2O3S. The van der Waals surface area contributed by atoms with Crippen LogP contribution in [0.3, 0.4) is 0 Å². The van der Waals surface area contributed by atoms with Crippen molar-refractivity contribution in [1.82, 2.24) is 5.32 Å². The summed E-state index contributed by atoms with van der Waals surface area (Å²) in [6.07, 6.45) is 1.02. The number of carbonyl (C=O) groups is 1. The Balaban J connectivity index is 2.70. The van der Waals surface area contributed by atoms with Gasteiger partial charge in [0.05, 0.1) is 6.54 Å². The van der Waals surface area contributed by atoms with Crippen LogP contribution in [0.2, 0.25) is 0 Å². The fourth-order valence-corrected chi connectivity index (χ4v) is 2.00. The van der Waals surface area contributed by atoms with E-state index in [2.05, 4.69) is 17.2 Å². The lowest BCUT2D eigenvalue weighted by Crippen LogP contribution is -2.29. The molecule has 1 rings (SSSR count). The summed E-state index contributed by atoms with van der Waals surface area (Å²) in [5.74, 6) is 4.61. The molecule has 0 radical (unpaired) electrons. The average molecular weight is 280 g/mol. The maximum absolute atomic E-state index is 11.4. The van der Waals surface area contributed by atoms with E-state index < -0.39 is 21.5 Å². The zero-order valence-electron chi connectivity index (χ0n) is 10.6. The van der Waals surface area contributed by atoms with Crippen molar-refractivity contribution in [2.45, 2.75) is 6.54 Å². The van der Waals surface area contributed by atoms with E-state index in [1.807, 2.05) is 24.3 Å². The van der Waals surface area contributed by atoms with Crippen LogP contribution >= 0.6 is 0 Å². The molecule has 0 bridgehead atoms. The molecule has 0 aliphatic carbocycles. The van der Waals surface area contributed by atoms with E-state index in [0.717, 1.165) is 17.4 Å². The lowest BCUT2D eigenvalue weighted by molar-refractivity contribution is -0.118. The molecule has 0 saturated heterocycles. The minimum absolute atomic E-state index is 0.240. The van der Waals surface area contributed by atoms with Gasteiger partial charge >= 0.3 is 0 Å². The molecule has 0 fully saturated rings. The molecule has 0 aliphatic rings. The van der Waals surface area contributed by atoms with Gasteiger partial charge in [0.2, 0.25) is 5.91 Å². The summed E-state index contributed by atoms with van der Waals surface area (Å²) in [7, 11) is -3.31. The van der Waals surface area contributed by atoms with E-state index in [1.54, 1.807) is 0 Å². The van der Waals surface area contributed by atoms with E-state index in [-0.39, 0.29) is 13.1 Å². The van der Waals surface area contributed by atoms with Crippen LogP contribution in [0, 0.1) is 11.8 Å². The van der Waals surface area contributed by atoms with Crippen LogP contribution in [0.25, 0.3) is 0 Å². The Morgan fingerprint density at radius 2 is 2.05 bits per heavy atom. The third kappa shape index (κ3) is 6.04. The quantitative estimate of drug-likeness (QED) is 0.738. The molecule has 0 atom stereocenters. The van der Waals surface area contributed by atoms with Crippen molar-refractivity contribution in [2.24, 2.45) is 5.73 Å². The molecule has 0 saturated carbocycles. The first kappa shape index (κ1) is 15.2. The Morgan fingerprint density at radius 1 is 1.37 bits per heavy atom. The van der Waals surface area contributed by atoms with Gasteiger partial charge in [-0.1, -0.05) is 30.0 Å². The summed E-state index contributed by atoms with van der Waals surface area (Å²) >= 11 is 0. The minimum Gasteiger partial charge on any atom is -0.351 e.